The van der Waals surface area contributed by atoms with Crippen LogP contribution in [0.1, 0.15) is 21.6 Å². The molecule has 0 fully saturated rings. The second-order valence-corrected chi connectivity index (χ2v) is 7.90. The van der Waals surface area contributed by atoms with Crippen molar-refractivity contribution in [1.82, 2.24) is 9.78 Å². The maximum absolute atomic E-state index is 13.0. The number of hydrogen-bond acceptors (Lipinski definition) is 3. The van der Waals surface area contributed by atoms with Gasteiger partial charge in [0.15, 0.2) is 0 Å². The van der Waals surface area contributed by atoms with Crippen LogP contribution in [0.25, 0.3) is 5.69 Å². The van der Waals surface area contributed by atoms with Crippen molar-refractivity contribution in [3.63, 3.8) is 0 Å². The third-order valence-electron chi connectivity index (χ3n) is 5.08. The molecule has 3 amide bonds. The summed E-state index contributed by atoms with van der Waals surface area (Å²) in [5.74, 6) is -0.297. The number of anilines is 3. The van der Waals surface area contributed by atoms with Gasteiger partial charge in [-0.15, -0.1) is 0 Å². The van der Waals surface area contributed by atoms with Crippen LogP contribution in [-0.4, -0.2) is 21.7 Å². The smallest absolute Gasteiger partial charge is 0.322 e. The van der Waals surface area contributed by atoms with Crippen molar-refractivity contribution in [2.75, 3.05) is 16.0 Å². The molecule has 1 aromatic heterocycles. The van der Waals surface area contributed by atoms with E-state index in [-0.39, 0.29) is 11.9 Å². The Morgan fingerprint density at radius 2 is 1.61 bits per heavy atom. The van der Waals surface area contributed by atoms with E-state index in [0.29, 0.717) is 33.3 Å². The first-order valence-corrected chi connectivity index (χ1v) is 10.6. The van der Waals surface area contributed by atoms with Gasteiger partial charge in [0.2, 0.25) is 0 Å². The van der Waals surface area contributed by atoms with Crippen molar-refractivity contribution in [1.29, 1.82) is 0 Å². The number of para-hydroxylation sites is 1. The summed E-state index contributed by atoms with van der Waals surface area (Å²) in [6.07, 6.45) is 1.52. The number of nitrogens with one attached hydrogen (secondary N) is 3. The van der Waals surface area contributed by atoms with Crippen LogP contribution in [0.4, 0.5) is 21.9 Å². The molecule has 4 aromatic rings. The summed E-state index contributed by atoms with van der Waals surface area (Å²) in [4.78, 5) is 25.3. The van der Waals surface area contributed by atoms with Crippen LogP contribution in [-0.2, 0) is 0 Å². The molecule has 0 bridgehead atoms. The molecule has 3 N–H and O–H groups in total. The van der Waals surface area contributed by atoms with Gasteiger partial charge in [-0.3, -0.25) is 4.79 Å². The van der Waals surface area contributed by atoms with Gasteiger partial charge in [0.1, 0.15) is 0 Å². The molecule has 0 aliphatic heterocycles. The van der Waals surface area contributed by atoms with Gasteiger partial charge in [0.05, 0.1) is 23.1 Å². The Morgan fingerprint density at radius 3 is 2.36 bits per heavy atom. The predicted octanol–water partition coefficient (Wildman–Crippen LogP) is 6.04. The Morgan fingerprint density at radius 1 is 0.848 bits per heavy atom. The minimum atomic E-state index is -0.374. The monoisotopic (exact) mass is 459 g/mol. The SMILES string of the molecule is Cc1ccc(NC(=O)Nc2ccccc2)cc1NC(=O)c1cnn(-c2cccc(Cl)c2)c1C. The van der Waals surface area contributed by atoms with Gasteiger partial charge < -0.3 is 16.0 Å². The second kappa shape index (κ2) is 9.58. The Kier molecular flexibility index (Phi) is 6.42. The minimum Gasteiger partial charge on any atom is -0.322 e. The molecule has 0 unspecified atom stereocenters. The number of halogens is 1. The normalized spacial score (nSPS) is 10.5. The van der Waals surface area contributed by atoms with Crippen LogP contribution in [0, 0.1) is 13.8 Å². The average Bonchev–Trinajstić information content (AvgIpc) is 3.18. The summed E-state index contributed by atoms with van der Waals surface area (Å²) >= 11 is 6.08. The van der Waals surface area contributed by atoms with E-state index in [0.717, 1.165) is 11.3 Å². The highest BCUT2D eigenvalue weighted by atomic mass is 35.5. The molecule has 0 radical (unpaired) electrons. The molecule has 0 aliphatic rings. The molecule has 0 atom stereocenters. The fourth-order valence-electron chi connectivity index (χ4n) is 3.34. The number of hydrogen-bond donors (Lipinski definition) is 3. The molecule has 0 saturated carbocycles. The van der Waals surface area contributed by atoms with E-state index in [1.807, 2.05) is 50.2 Å². The van der Waals surface area contributed by atoms with Crippen molar-refractivity contribution in [2.45, 2.75) is 13.8 Å². The zero-order valence-corrected chi connectivity index (χ0v) is 18.9. The van der Waals surface area contributed by atoms with Gasteiger partial charge in [0.25, 0.3) is 5.91 Å². The fourth-order valence-corrected chi connectivity index (χ4v) is 3.52. The molecular formula is C25H22ClN5O2. The van der Waals surface area contributed by atoms with Crippen molar-refractivity contribution in [3.05, 3.63) is 101 Å². The third-order valence-corrected chi connectivity index (χ3v) is 5.32. The molecule has 1 heterocycles. The van der Waals surface area contributed by atoms with Crippen molar-refractivity contribution in [2.24, 2.45) is 0 Å². The lowest BCUT2D eigenvalue weighted by molar-refractivity contribution is 0.102. The number of aromatic nitrogens is 2. The van der Waals surface area contributed by atoms with Crippen LogP contribution in [0.3, 0.4) is 0 Å². The van der Waals surface area contributed by atoms with E-state index in [9.17, 15) is 9.59 Å². The van der Waals surface area contributed by atoms with Gasteiger partial charge >= 0.3 is 6.03 Å². The molecule has 7 nitrogen and oxygen atoms in total. The van der Waals surface area contributed by atoms with Crippen LogP contribution in [0.5, 0.6) is 0 Å². The third kappa shape index (κ3) is 5.22. The van der Waals surface area contributed by atoms with Crippen LogP contribution in [0.2, 0.25) is 5.02 Å². The Balaban J connectivity index is 1.49. The molecule has 0 aliphatic carbocycles. The molecular weight excluding hydrogens is 438 g/mol. The highest BCUT2D eigenvalue weighted by molar-refractivity contribution is 6.30. The van der Waals surface area contributed by atoms with Gasteiger partial charge in [0, 0.05) is 22.1 Å². The van der Waals surface area contributed by atoms with Crippen LogP contribution in [0.15, 0.2) is 79.0 Å². The topological polar surface area (TPSA) is 88.1 Å². The summed E-state index contributed by atoms with van der Waals surface area (Å²) in [7, 11) is 0. The largest absolute Gasteiger partial charge is 0.323 e. The van der Waals surface area contributed by atoms with Gasteiger partial charge in [-0.25, -0.2) is 9.48 Å². The number of rotatable bonds is 5. The fraction of sp³-hybridized carbons (Fsp3) is 0.0800. The van der Waals surface area contributed by atoms with E-state index in [1.165, 1.54) is 6.20 Å². The molecule has 4 rings (SSSR count). The van der Waals surface area contributed by atoms with E-state index >= 15 is 0 Å². The minimum absolute atomic E-state index is 0.297. The van der Waals surface area contributed by atoms with Gasteiger partial charge in [-0.1, -0.05) is 41.9 Å². The zero-order chi connectivity index (χ0) is 23.4. The molecule has 0 saturated heterocycles. The number of urea groups is 1. The lowest BCUT2D eigenvalue weighted by Crippen LogP contribution is -2.20. The van der Waals surface area contributed by atoms with Crippen LogP contribution < -0.4 is 16.0 Å². The average molecular weight is 460 g/mol. The first-order chi connectivity index (χ1) is 15.9. The first kappa shape index (κ1) is 22.1. The summed E-state index contributed by atoms with van der Waals surface area (Å²) in [5.41, 5.74) is 4.58. The van der Waals surface area contributed by atoms with E-state index in [2.05, 4.69) is 21.0 Å². The van der Waals surface area contributed by atoms with E-state index in [1.54, 1.807) is 41.1 Å². The highest BCUT2D eigenvalue weighted by Crippen LogP contribution is 2.23. The van der Waals surface area contributed by atoms with Crippen molar-refractivity contribution < 1.29 is 9.59 Å². The van der Waals surface area contributed by atoms with Crippen molar-refractivity contribution in [3.8, 4) is 5.69 Å². The molecule has 0 spiro atoms. The van der Waals surface area contributed by atoms with Crippen molar-refractivity contribution >= 4 is 40.6 Å². The zero-order valence-electron chi connectivity index (χ0n) is 18.1. The van der Waals surface area contributed by atoms with E-state index in [4.69, 9.17) is 11.6 Å². The Labute approximate surface area is 196 Å². The number of benzene rings is 3. The Hall–Kier alpha value is -4.10. The molecule has 166 valence electrons. The maximum Gasteiger partial charge on any atom is 0.323 e. The lowest BCUT2D eigenvalue weighted by Gasteiger charge is -2.12. The number of carbonyl (C=O) groups excluding carboxylic acids is 2. The molecule has 3 aromatic carbocycles. The Bertz CT molecular complexity index is 1320. The summed E-state index contributed by atoms with van der Waals surface area (Å²) in [6, 6.07) is 21.4. The summed E-state index contributed by atoms with van der Waals surface area (Å²) in [6.45, 7) is 3.70. The number of aryl methyl sites for hydroxylation is 1. The van der Waals surface area contributed by atoms with Crippen LogP contribution >= 0.6 is 11.6 Å². The second-order valence-electron chi connectivity index (χ2n) is 7.46. The first-order valence-electron chi connectivity index (χ1n) is 10.3. The highest BCUT2D eigenvalue weighted by Gasteiger charge is 2.17. The van der Waals surface area contributed by atoms with Gasteiger partial charge in [-0.2, -0.15) is 5.10 Å². The molecule has 33 heavy (non-hydrogen) atoms. The quantitative estimate of drug-likeness (QED) is 0.340. The molecule has 8 heteroatoms. The van der Waals surface area contributed by atoms with Gasteiger partial charge in [-0.05, 0) is 61.9 Å². The maximum atomic E-state index is 13.0. The number of amides is 3. The predicted molar refractivity (Wildman–Crippen MR) is 132 cm³/mol. The number of nitrogens with zero attached hydrogens (tertiary/aromatic N) is 2. The number of carbonyl (C=O) groups is 2. The van der Waals surface area contributed by atoms with E-state index < -0.39 is 0 Å². The standard InChI is InChI=1S/C25H22ClN5O2/c1-16-11-12-20(29-25(33)28-19-8-4-3-5-9-19)14-23(16)30-24(32)22-15-27-31(17(22)2)21-10-6-7-18(26)13-21/h3-15H,1-2H3,(H,30,32)(H2,28,29,33). The summed E-state index contributed by atoms with van der Waals surface area (Å²) in [5, 5.41) is 13.4. The summed E-state index contributed by atoms with van der Waals surface area (Å²) < 4.78 is 1.67. The lowest BCUT2D eigenvalue weighted by atomic mass is 10.1.